The van der Waals surface area contributed by atoms with E-state index < -0.39 is 0 Å². The van der Waals surface area contributed by atoms with Gasteiger partial charge in [0.15, 0.2) is 0 Å². The van der Waals surface area contributed by atoms with Gasteiger partial charge in [-0.1, -0.05) is 15.9 Å². The smallest absolute Gasteiger partial charge is 0.132 e. The molecule has 1 aliphatic rings. The van der Waals surface area contributed by atoms with Crippen LogP contribution in [0.5, 0.6) is 0 Å². The molecule has 0 bridgehead atoms. The molecule has 2 rings (SSSR count). The van der Waals surface area contributed by atoms with Crippen LogP contribution in [0, 0.1) is 6.92 Å². The summed E-state index contributed by atoms with van der Waals surface area (Å²) in [6.45, 7) is 3.12. The van der Waals surface area contributed by atoms with E-state index in [0.717, 1.165) is 23.4 Å². The maximum absolute atomic E-state index is 4.31. The van der Waals surface area contributed by atoms with Gasteiger partial charge in [-0.05, 0) is 19.8 Å². The number of nitrogens with zero attached hydrogens (tertiary/aromatic N) is 3. The monoisotopic (exact) mass is 255 g/mol. The molecular weight excluding hydrogens is 242 g/mol. The summed E-state index contributed by atoms with van der Waals surface area (Å²) >= 11 is 3.55. The number of alkyl halides is 1. The van der Waals surface area contributed by atoms with Crippen LogP contribution >= 0.6 is 15.9 Å². The van der Waals surface area contributed by atoms with Crippen molar-refractivity contribution in [1.82, 2.24) is 9.97 Å². The zero-order valence-corrected chi connectivity index (χ0v) is 9.87. The zero-order valence-electron chi connectivity index (χ0n) is 8.28. The number of aryl methyl sites for hydroxylation is 1. The molecule has 0 N–H and O–H groups in total. The molecule has 0 aromatic carbocycles. The quantitative estimate of drug-likeness (QED) is 0.759. The Labute approximate surface area is 92.7 Å². The molecule has 1 atom stereocenters. The van der Waals surface area contributed by atoms with Crippen molar-refractivity contribution in [2.24, 2.45) is 0 Å². The molecule has 14 heavy (non-hydrogen) atoms. The molecule has 1 aliphatic heterocycles. The third kappa shape index (κ3) is 1.90. The number of hydrogen-bond acceptors (Lipinski definition) is 3. The lowest BCUT2D eigenvalue weighted by atomic mass is 10.2. The van der Waals surface area contributed by atoms with Crippen LogP contribution < -0.4 is 4.90 Å². The van der Waals surface area contributed by atoms with Gasteiger partial charge in [0.2, 0.25) is 0 Å². The molecule has 0 radical (unpaired) electrons. The Morgan fingerprint density at radius 3 is 3.14 bits per heavy atom. The maximum atomic E-state index is 4.31. The van der Waals surface area contributed by atoms with Crippen molar-refractivity contribution < 1.29 is 0 Å². The van der Waals surface area contributed by atoms with Gasteiger partial charge in [-0.15, -0.1) is 0 Å². The zero-order chi connectivity index (χ0) is 9.97. The molecular formula is C10H14BrN3. The number of halogens is 1. The normalized spacial score (nSPS) is 21.6. The lowest BCUT2D eigenvalue weighted by molar-refractivity contribution is 0.739. The second-order valence-corrected chi connectivity index (χ2v) is 4.31. The summed E-state index contributed by atoms with van der Waals surface area (Å²) in [6.07, 6.45) is 4.17. The van der Waals surface area contributed by atoms with Crippen molar-refractivity contribution in [3.05, 3.63) is 18.1 Å². The molecule has 0 saturated carbocycles. The van der Waals surface area contributed by atoms with E-state index in [-0.39, 0.29) is 0 Å². The van der Waals surface area contributed by atoms with Crippen molar-refractivity contribution in [3.8, 4) is 0 Å². The topological polar surface area (TPSA) is 29.0 Å². The third-order valence-electron chi connectivity index (χ3n) is 2.64. The largest absolute Gasteiger partial charge is 0.353 e. The first-order chi connectivity index (χ1) is 6.81. The lowest BCUT2D eigenvalue weighted by Crippen LogP contribution is -2.31. The minimum absolute atomic E-state index is 0.601. The lowest BCUT2D eigenvalue weighted by Gasteiger charge is -2.23. The van der Waals surface area contributed by atoms with Crippen LogP contribution in [0.1, 0.15) is 18.5 Å². The standard InChI is InChI=1S/C10H14BrN3/c1-8-5-10(13-7-12-8)14-4-2-3-9(14)6-11/h5,7,9H,2-4,6H2,1H3. The Morgan fingerprint density at radius 1 is 1.57 bits per heavy atom. The van der Waals surface area contributed by atoms with Crippen LogP contribution in [0.15, 0.2) is 12.4 Å². The molecule has 0 spiro atoms. The summed E-state index contributed by atoms with van der Waals surface area (Å²) in [5.41, 5.74) is 1.04. The molecule has 1 aromatic heterocycles. The summed E-state index contributed by atoms with van der Waals surface area (Å²) in [5.74, 6) is 1.07. The minimum atomic E-state index is 0.601. The Balaban J connectivity index is 2.21. The first kappa shape index (κ1) is 9.90. The predicted octanol–water partition coefficient (Wildman–Crippen LogP) is 2.15. The first-order valence-corrected chi connectivity index (χ1v) is 6.04. The number of rotatable bonds is 2. The van der Waals surface area contributed by atoms with Gasteiger partial charge in [0.1, 0.15) is 12.1 Å². The van der Waals surface area contributed by atoms with Gasteiger partial charge in [0.25, 0.3) is 0 Å². The van der Waals surface area contributed by atoms with E-state index in [0.29, 0.717) is 6.04 Å². The van der Waals surface area contributed by atoms with Crippen molar-refractivity contribution in [2.45, 2.75) is 25.8 Å². The summed E-state index contributed by atoms with van der Waals surface area (Å²) < 4.78 is 0. The molecule has 1 saturated heterocycles. The number of hydrogen-bond donors (Lipinski definition) is 0. The fourth-order valence-electron chi connectivity index (χ4n) is 1.90. The third-order valence-corrected chi connectivity index (χ3v) is 3.39. The second-order valence-electron chi connectivity index (χ2n) is 3.66. The van der Waals surface area contributed by atoms with Crippen LogP contribution in [-0.4, -0.2) is 27.9 Å². The highest BCUT2D eigenvalue weighted by Gasteiger charge is 2.24. The van der Waals surface area contributed by atoms with Crippen LogP contribution in [-0.2, 0) is 0 Å². The van der Waals surface area contributed by atoms with Crippen molar-refractivity contribution in [1.29, 1.82) is 0 Å². The van der Waals surface area contributed by atoms with Gasteiger partial charge < -0.3 is 4.90 Å². The molecule has 2 heterocycles. The van der Waals surface area contributed by atoms with Crippen molar-refractivity contribution >= 4 is 21.7 Å². The fraction of sp³-hybridized carbons (Fsp3) is 0.600. The van der Waals surface area contributed by atoms with E-state index in [1.165, 1.54) is 12.8 Å². The van der Waals surface area contributed by atoms with E-state index in [1.54, 1.807) is 6.33 Å². The highest BCUT2D eigenvalue weighted by Crippen LogP contribution is 2.24. The van der Waals surface area contributed by atoms with Crippen LogP contribution in [0.2, 0.25) is 0 Å². The highest BCUT2D eigenvalue weighted by molar-refractivity contribution is 9.09. The van der Waals surface area contributed by atoms with Crippen molar-refractivity contribution in [3.63, 3.8) is 0 Å². The van der Waals surface area contributed by atoms with Crippen LogP contribution in [0.3, 0.4) is 0 Å². The fourth-order valence-corrected chi connectivity index (χ4v) is 2.57. The van der Waals surface area contributed by atoms with Gasteiger partial charge in [-0.2, -0.15) is 0 Å². The van der Waals surface area contributed by atoms with Gasteiger partial charge in [-0.25, -0.2) is 9.97 Å². The van der Waals surface area contributed by atoms with Gasteiger partial charge >= 0.3 is 0 Å². The van der Waals surface area contributed by atoms with E-state index in [9.17, 15) is 0 Å². The first-order valence-electron chi connectivity index (χ1n) is 4.92. The van der Waals surface area contributed by atoms with Gasteiger partial charge in [-0.3, -0.25) is 0 Å². The summed E-state index contributed by atoms with van der Waals surface area (Å²) in [4.78, 5) is 10.8. The molecule has 3 nitrogen and oxygen atoms in total. The molecule has 4 heteroatoms. The molecule has 76 valence electrons. The molecule has 1 unspecified atom stereocenters. The average molecular weight is 256 g/mol. The highest BCUT2D eigenvalue weighted by atomic mass is 79.9. The van der Waals surface area contributed by atoms with Crippen LogP contribution in [0.25, 0.3) is 0 Å². The van der Waals surface area contributed by atoms with Gasteiger partial charge in [0.05, 0.1) is 0 Å². The molecule has 0 aliphatic carbocycles. The second kappa shape index (κ2) is 4.26. The minimum Gasteiger partial charge on any atom is -0.353 e. The summed E-state index contributed by atoms with van der Waals surface area (Å²) in [6, 6.07) is 2.66. The molecule has 1 aromatic rings. The average Bonchev–Trinajstić information content (AvgIpc) is 2.65. The van der Waals surface area contributed by atoms with E-state index in [2.05, 4.69) is 36.9 Å². The Kier molecular flexibility index (Phi) is 3.01. The SMILES string of the molecule is Cc1cc(N2CCCC2CBr)ncn1. The van der Waals surface area contributed by atoms with Crippen molar-refractivity contribution in [2.75, 3.05) is 16.8 Å². The molecule has 0 amide bonds. The summed E-state index contributed by atoms with van der Waals surface area (Å²) in [7, 11) is 0. The Morgan fingerprint density at radius 2 is 2.43 bits per heavy atom. The Hall–Kier alpha value is -0.640. The Bertz CT molecular complexity index is 316. The number of anilines is 1. The molecule has 1 fully saturated rings. The maximum Gasteiger partial charge on any atom is 0.132 e. The predicted molar refractivity (Wildman–Crippen MR) is 60.9 cm³/mol. The van der Waals surface area contributed by atoms with E-state index in [1.807, 2.05) is 6.92 Å². The van der Waals surface area contributed by atoms with Gasteiger partial charge in [0, 0.05) is 29.7 Å². The number of aromatic nitrogens is 2. The summed E-state index contributed by atoms with van der Waals surface area (Å²) in [5, 5.41) is 1.02. The van der Waals surface area contributed by atoms with Crippen LogP contribution in [0.4, 0.5) is 5.82 Å². The van der Waals surface area contributed by atoms with E-state index >= 15 is 0 Å². The van der Waals surface area contributed by atoms with E-state index in [4.69, 9.17) is 0 Å².